The summed E-state index contributed by atoms with van der Waals surface area (Å²) in [5.41, 5.74) is 0.497. The van der Waals surface area contributed by atoms with Crippen molar-refractivity contribution in [3.63, 3.8) is 0 Å². The number of aliphatic hydroxyl groups excluding tert-OH is 1. The van der Waals surface area contributed by atoms with Crippen LogP contribution in [0.4, 0.5) is 5.69 Å². The van der Waals surface area contributed by atoms with Gasteiger partial charge in [-0.15, -0.1) is 0 Å². The lowest BCUT2D eigenvalue weighted by Crippen LogP contribution is -2.06. The van der Waals surface area contributed by atoms with Crippen molar-refractivity contribution in [1.29, 1.82) is 0 Å². The lowest BCUT2D eigenvalue weighted by Gasteiger charge is -2.08. The lowest BCUT2D eigenvalue weighted by molar-refractivity contribution is -0.114. The number of aromatic hydroxyl groups is 1. The number of phenols is 1. The standard InChI is InChI=1S/C10H13NO4/c1-7(13)11-8-2-3-10(9(14)6-8)15-5-4-12/h2-3,6,12,14H,4-5H2,1H3,(H,11,13). The minimum absolute atomic E-state index is 0.0744. The molecular weight excluding hydrogens is 198 g/mol. The number of aliphatic hydroxyl groups is 1. The summed E-state index contributed by atoms with van der Waals surface area (Å²) in [6, 6.07) is 4.51. The molecule has 0 unspecified atom stereocenters. The molecule has 0 atom stereocenters. The molecule has 0 fully saturated rings. The van der Waals surface area contributed by atoms with Gasteiger partial charge in [0.05, 0.1) is 6.61 Å². The maximum atomic E-state index is 10.7. The Morgan fingerprint density at radius 3 is 2.80 bits per heavy atom. The minimum Gasteiger partial charge on any atom is -0.504 e. The van der Waals surface area contributed by atoms with Crippen molar-refractivity contribution in [1.82, 2.24) is 0 Å². The summed E-state index contributed by atoms with van der Waals surface area (Å²) in [6.45, 7) is 1.38. The average Bonchev–Trinajstić information content (AvgIpc) is 2.15. The third-order valence-corrected chi connectivity index (χ3v) is 1.63. The predicted molar refractivity (Wildman–Crippen MR) is 55.0 cm³/mol. The van der Waals surface area contributed by atoms with E-state index in [1.807, 2.05) is 0 Å². The molecular formula is C10H13NO4. The number of carbonyl (C=O) groups is 1. The van der Waals surface area contributed by atoms with Crippen LogP contribution in [0.5, 0.6) is 11.5 Å². The monoisotopic (exact) mass is 211 g/mol. The highest BCUT2D eigenvalue weighted by Gasteiger charge is 2.04. The van der Waals surface area contributed by atoms with Crippen LogP contribution in [0.1, 0.15) is 6.92 Å². The Morgan fingerprint density at radius 1 is 1.53 bits per heavy atom. The van der Waals surface area contributed by atoms with E-state index in [9.17, 15) is 9.90 Å². The molecule has 1 rings (SSSR count). The highest BCUT2D eigenvalue weighted by molar-refractivity contribution is 5.89. The van der Waals surface area contributed by atoms with Gasteiger partial charge in [0.2, 0.25) is 5.91 Å². The second-order valence-electron chi connectivity index (χ2n) is 2.94. The van der Waals surface area contributed by atoms with Crippen LogP contribution in [0.15, 0.2) is 18.2 Å². The topological polar surface area (TPSA) is 78.8 Å². The fraction of sp³-hybridized carbons (Fsp3) is 0.300. The number of ether oxygens (including phenoxy) is 1. The van der Waals surface area contributed by atoms with E-state index in [1.165, 1.54) is 19.1 Å². The molecule has 5 heteroatoms. The van der Waals surface area contributed by atoms with E-state index >= 15 is 0 Å². The Labute approximate surface area is 87.3 Å². The maximum absolute atomic E-state index is 10.7. The molecule has 1 aromatic rings. The average molecular weight is 211 g/mol. The predicted octanol–water partition coefficient (Wildman–Crippen LogP) is 0.722. The number of nitrogens with one attached hydrogen (secondary N) is 1. The second-order valence-corrected chi connectivity index (χ2v) is 2.94. The van der Waals surface area contributed by atoms with Gasteiger partial charge in [0.1, 0.15) is 6.61 Å². The first-order valence-corrected chi connectivity index (χ1v) is 4.47. The van der Waals surface area contributed by atoms with Crippen LogP contribution in [0.25, 0.3) is 0 Å². The first-order valence-electron chi connectivity index (χ1n) is 4.47. The van der Waals surface area contributed by atoms with Crippen molar-refractivity contribution in [2.24, 2.45) is 0 Å². The summed E-state index contributed by atoms with van der Waals surface area (Å²) in [7, 11) is 0. The SMILES string of the molecule is CC(=O)Nc1ccc(OCCO)c(O)c1. The molecule has 0 aromatic heterocycles. The summed E-state index contributed by atoms with van der Waals surface area (Å²) < 4.78 is 5.03. The molecule has 0 aliphatic carbocycles. The van der Waals surface area contributed by atoms with Crippen LogP contribution in [-0.2, 0) is 4.79 Å². The van der Waals surface area contributed by atoms with Gasteiger partial charge in [-0.05, 0) is 12.1 Å². The first kappa shape index (κ1) is 11.3. The van der Waals surface area contributed by atoms with Crippen molar-refractivity contribution >= 4 is 11.6 Å². The van der Waals surface area contributed by atoms with E-state index in [1.54, 1.807) is 6.07 Å². The fourth-order valence-corrected chi connectivity index (χ4v) is 1.08. The molecule has 1 aromatic carbocycles. The maximum Gasteiger partial charge on any atom is 0.221 e. The molecule has 0 spiro atoms. The van der Waals surface area contributed by atoms with Crippen LogP contribution >= 0.6 is 0 Å². The van der Waals surface area contributed by atoms with E-state index in [4.69, 9.17) is 9.84 Å². The van der Waals surface area contributed by atoms with E-state index < -0.39 is 0 Å². The van der Waals surface area contributed by atoms with Gasteiger partial charge >= 0.3 is 0 Å². The number of carbonyl (C=O) groups excluding carboxylic acids is 1. The molecule has 3 N–H and O–H groups in total. The van der Waals surface area contributed by atoms with Gasteiger partial charge in [0.15, 0.2) is 11.5 Å². The molecule has 0 aliphatic rings. The Bertz CT molecular complexity index is 351. The Morgan fingerprint density at radius 2 is 2.27 bits per heavy atom. The molecule has 0 saturated carbocycles. The number of hydrogen-bond donors (Lipinski definition) is 3. The van der Waals surface area contributed by atoms with Gasteiger partial charge in [0.25, 0.3) is 0 Å². The van der Waals surface area contributed by atoms with Crippen LogP contribution < -0.4 is 10.1 Å². The van der Waals surface area contributed by atoms with Crippen LogP contribution in [-0.4, -0.2) is 29.3 Å². The Hall–Kier alpha value is -1.75. The number of rotatable bonds is 4. The highest BCUT2D eigenvalue weighted by Crippen LogP contribution is 2.28. The quantitative estimate of drug-likeness (QED) is 0.685. The van der Waals surface area contributed by atoms with Crippen LogP contribution in [0, 0.1) is 0 Å². The largest absolute Gasteiger partial charge is 0.504 e. The number of anilines is 1. The van der Waals surface area contributed by atoms with Crippen molar-refractivity contribution in [3.05, 3.63) is 18.2 Å². The molecule has 82 valence electrons. The van der Waals surface area contributed by atoms with Crippen LogP contribution in [0.2, 0.25) is 0 Å². The molecule has 1 amide bonds. The summed E-state index contributed by atoms with van der Waals surface area (Å²) in [5.74, 6) is -0.00808. The zero-order valence-corrected chi connectivity index (χ0v) is 8.36. The number of benzene rings is 1. The van der Waals surface area contributed by atoms with Crippen LogP contribution in [0.3, 0.4) is 0 Å². The van der Waals surface area contributed by atoms with Crippen molar-refractivity contribution < 1.29 is 19.7 Å². The highest BCUT2D eigenvalue weighted by atomic mass is 16.5. The summed E-state index contributed by atoms with van der Waals surface area (Å²) >= 11 is 0. The molecule has 5 nitrogen and oxygen atoms in total. The zero-order valence-electron chi connectivity index (χ0n) is 8.36. The van der Waals surface area contributed by atoms with Gasteiger partial charge in [-0.25, -0.2) is 0 Å². The van der Waals surface area contributed by atoms with Gasteiger partial charge in [0, 0.05) is 18.7 Å². The minimum atomic E-state index is -0.210. The summed E-state index contributed by atoms with van der Waals surface area (Å²) in [5, 5.41) is 20.5. The van der Waals surface area contributed by atoms with Crippen molar-refractivity contribution in [2.75, 3.05) is 18.5 Å². The van der Waals surface area contributed by atoms with Gasteiger partial charge in [-0.3, -0.25) is 4.79 Å². The molecule has 0 aliphatic heterocycles. The molecule has 0 bridgehead atoms. The fourth-order valence-electron chi connectivity index (χ4n) is 1.08. The van der Waals surface area contributed by atoms with E-state index in [0.29, 0.717) is 5.69 Å². The van der Waals surface area contributed by atoms with Gasteiger partial charge < -0.3 is 20.3 Å². The first-order chi connectivity index (χ1) is 7.13. The summed E-state index contributed by atoms with van der Waals surface area (Å²) in [6.07, 6.45) is 0. The van der Waals surface area contributed by atoms with Crippen molar-refractivity contribution in [2.45, 2.75) is 6.92 Å². The molecule has 15 heavy (non-hydrogen) atoms. The molecule has 0 heterocycles. The zero-order chi connectivity index (χ0) is 11.3. The number of amides is 1. The molecule has 0 saturated heterocycles. The van der Waals surface area contributed by atoms with E-state index in [0.717, 1.165) is 0 Å². The second kappa shape index (κ2) is 5.21. The number of hydrogen-bond acceptors (Lipinski definition) is 4. The summed E-state index contributed by atoms with van der Waals surface area (Å²) in [4.78, 5) is 10.7. The van der Waals surface area contributed by atoms with E-state index in [2.05, 4.69) is 5.32 Å². The molecule has 0 radical (unpaired) electrons. The Balaban J connectivity index is 2.74. The third-order valence-electron chi connectivity index (χ3n) is 1.63. The smallest absolute Gasteiger partial charge is 0.221 e. The lowest BCUT2D eigenvalue weighted by atomic mass is 10.2. The van der Waals surface area contributed by atoms with Crippen molar-refractivity contribution in [3.8, 4) is 11.5 Å². The van der Waals surface area contributed by atoms with Gasteiger partial charge in [-0.2, -0.15) is 0 Å². The van der Waals surface area contributed by atoms with Gasteiger partial charge in [-0.1, -0.05) is 0 Å². The normalized spacial score (nSPS) is 9.73. The Kier molecular flexibility index (Phi) is 3.93. The third kappa shape index (κ3) is 3.47. The number of phenolic OH excluding ortho intramolecular Hbond substituents is 1. The van der Waals surface area contributed by atoms with E-state index in [-0.39, 0.29) is 30.6 Å².